The van der Waals surface area contributed by atoms with E-state index in [2.05, 4.69) is 37.7 Å². The van der Waals surface area contributed by atoms with Crippen LogP contribution in [0.4, 0.5) is 5.95 Å². The van der Waals surface area contributed by atoms with Gasteiger partial charge in [-0.15, -0.1) is 0 Å². The fourth-order valence-corrected chi connectivity index (χ4v) is 2.50. The van der Waals surface area contributed by atoms with Gasteiger partial charge in [-0.3, -0.25) is 0 Å². The highest BCUT2D eigenvalue weighted by molar-refractivity contribution is 9.10. The first-order valence-electron chi connectivity index (χ1n) is 5.68. The summed E-state index contributed by atoms with van der Waals surface area (Å²) in [7, 11) is 1.59. The summed E-state index contributed by atoms with van der Waals surface area (Å²) in [4.78, 5) is 10.7. The zero-order chi connectivity index (χ0) is 12.5. The van der Waals surface area contributed by atoms with E-state index in [1.165, 1.54) is 0 Å². The van der Waals surface area contributed by atoms with E-state index >= 15 is 0 Å². The van der Waals surface area contributed by atoms with E-state index in [0.29, 0.717) is 11.8 Å². The molecular weight excluding hydrogens is 284 g/mol. The summed E-state index contributed by atoms with van der Waals surface area (Å²) in [5.41, 5.74) is 6.13. The Morgan fingerprint density at radius 2 is 2.29 bits per heavy atom. The van der Waals surface area contributed by atoms with Gasteiger partial charge in [0.25, 0.3) is 0 Å². The van der Waals surface area contributed by atoms with Crippen LogP contribution in [0.2, 0.25) is 0 Å². The Hall–Kier alpha value is -0.880. The smallest absolute Gasteiger partial charge is 0.232 e. The Morgan fingerprint density at radius 1 is 1.59 bits per heavy atom. The van der Waals surface area contributed by atoms with Gasteiger partial charge in [0.15, 0.2) is 0 Å². The highest BCUT2D eigenvalue weighted by Gasteiger charge is 2.39. The largest absolute Gasteiger partial charge is 0.480 e. The number of nitrogens with two attached hydrogens (primary N) is 1. The molecule has 1 aliphatic rings. The van der Waals surface area contributed by atoms with E-state index < -0.39 is 0 Å². The molecule has 94 valence electrons. The van der Waals surface area contributed by atoms with Crippen molar-refractivity contribution in [1.29, 1.82) is 0 Å². The minimum atomic E-state index is -0.0710. The van der Waals surface area contributed by atoms with Crippen LogP contribution in [-0.4, -0.2) is 35.7 Å². The molecule has 0 atom stereocenters. The third kappa shape index (κ3) is 2.52. The van der Waals surface area contributed by atoms with E-state index in [0.717, 1.165) is 30.4 Å². The van der Waals surface area contributed by atoms with Gasteiger partial charge >= 0.3 is 0 Å². The average Bonchev–Trinajstić information content (AvgIpc) is 2.27. The lowest BCUT2D eigenvalue weighted by Crippen LogP contribution is -2.67. The molecule has 0 spiro atoms. The molecule has 1 aromatic rings. The van der Waals surface area contributed by atoms with Crippen LogP contribution < -0.4 is 15.4 Å². The molecule has 1 saturated heterocycles. The molecule has 2 rings (SSSR count). The minimum Gasteiger partial charge on any atom is -0.480 e. The second kappa shape index (κ2) is 4.78. The Bertz CT molecular complexity index is 406. The maximum Gasteiger partial charge on any atom is 0.232 e. The van der Waals surface area contributed by atoms with Crippen LogP contribution in [-0.2, 0) is 0 Å². The molecule has 0 unspecified atom stereocenters. The molecule has 6 heteroatoms. The number of halogens is 1. The third-order valence-electron chi connectivity index (χ3n) is 2.93. The zero-order valence-corrected chi connectivity index (χ0v) is 11.7. The Kier molecular flexibility index (Phi) is 3.53. The molecule has 2 N–H and O–H groups in total. The van der Waals surface area contributed by atoms with Gasteiger partial charge in [0.05, 0.1) is 23.3 Å². The average molecular weight is 301 g/mol. The normalized spacial score (nSPS) is 17.8. The van der Waals surface area contributed by atoms with Crippen molar-refractivity contribution >= 4 is 21.9 Å². The lowest BCUT2D eigenvalue weighted by Gasteiger charge is -2.47. The van der Waals surface area contributed by atoms with Gasteiger partial charge in [-0.2, -0.15) is 4.98 Å². The van der Waals surface area contributed by atoms with Crippen LogP contribution in [0, 0.1) is 0 Å². The van der Waals surface area contributed by atoms with E-state index in [9.17, 15) is 0 Å². The molecule has 0 bridgehead atoms. The number of nitrogens with zero attached hydrogens (tertiary/aromatic N) is 3. The first-order valence-corrected chi connectivity index (χ1v) is 6.47. The van der Waals surface area contributed by atoms with E-state index in [1.807, 2.05) is 0 Å². The number of rotatable bonds is 4. The predicted molar refractivity (Wildman–Crippen MR) is 70.3 cm³/mol. The number of hydrogen-bond donors (Lipinski definition) is 1. The van der Waals surface area contributed by atoms with Gasteiger partial charge in [0, 0.05) is 13.1 Å². The summed E-state index contributed by atoms with van der Waals surface area (Å²) in [5.74, 6) is 1.24. The van der Waals surface area contributed by atoms with E-state index in [-0.39, 0.29) is 5.54 Å². The fraction of sp³-hybridized carbons (Fsp3) is 0.636. The van der Waals surface area contributed by atoms with Gasteiger partial charge < -0.3 is 15.4 Å². The summed E-state index contributed by atoms with van der Waals surface area (Å²) >= 11 is 3.33. The van der Waals surface area contributed by atoms with Gasteiger partial charge in [0.1, 0.15) is 0 Å². The number of methoxy groups -OCH3 is 1. The summed E-state index contributed by atoms with van der Waals surface area (Å²) < 4.78 is 5.91. The molecule has 1 aromatic heterocycles. The second-order valence-corrected chi connectivity index (χ2v) is 5.35. The zero-order valence-electron chi connectivity index (χ0n) is 10.1. The molecule has 2 heterocycles. The van der Waals surface area contributed by atoms with Crippen LogP contribution in [0.5, 0.6) is 5.88 Å². The third-order valence-corrected chi connectivity index (χ3v) is 3.48. The van der Waals surface area contributed by atoms with E-state index in [4.69, 9.17) is 10.5 Å². The Morgan fingerprint density at radius 3 is 2.88 bits per heavy atom. The summed E-state index contributed by atoms with van der Waals surface area (Å²) in [6.07, 6.45) is 3.85. The fourth-order valence-electron chi connectivity index (χ4n) is 2.15. The number of hydrogen-bond acceptors (Lipinski definition) is 5. The first kappa shape index (κ1) is 12.6. The maximum atomic E-state index is 6.20. The van der Waals surface area contributed by atoms with Gasteiger partial charge in [0.2, 0.25) is 11.8 Å². The van der Waals surface area contributed by atoms with Crippen LogP contribution >= 0.6 is 15.9 Å². The monoisotopic (exact) mass is 300 g/mol. The van der Waals surface area contributed by atoms with Crippen molar-refractivity contribution in [3.05, 3.63) is 10.7 Å². The van der Waals surface area contributed by atoms with Crippen molar-refractivity contribution in [3.63, 3.8) is 0 Å². The van der Waals surface area contributed by atoms with Crippen LogP contribution in [0.3, 0.4) is 0 Å². The second-order valence-electron chi connectivity index (χ2n) is 4.50. The van der Waals surface area contributed by atoms with Crippen molar-refractivity contribution in [1.82, 2.24) is 9.97 Å². The van der Waals surface area contributed by atoms with Crippen molar-refractivity contribution in [2.45, 2.75) is 25.3 Å². The Labute approximate surface area is 110 Å². The maximum absolute atomic E-state index is 6.20. The topological polar surface area (TPSA) is 64.3 Å². The van der Waals surface area contributed by atoms with Crippen LogP contribution in [0.15, 0.2) is 10.7 Å². The summed E-state index contributed by atoms with van der Waals surface area (Å²) in [5, 5.41) is 0. The molecule has 1 fully saturated rings. The molecule has 0 saturated carbocycles. The van der Waals surface area contributed by atoms with Crippen LogP contribution in [0.1, 0.15) is 19.8 Å². The van der Waals surface area contributed by atoms with Crippen molar-refractivity contribution in [2.24, 2.45) is 5.73 Å². The van der Waals surface area contributed by atoms with Crippen molar-refractivity contribution < 1.29 is 4.74 Å². The quantitative estimate of drug-likeness (QED) is 0.914. The molecule has 0 aliphatic carbocycles. The standard InChI is InChI=1S/C11H17BrN4O/c1-3-4-11(13)6-16(7-11)10-14-5-8(12)9(15-10)17-2/h5H,3-4,6-7,13H2,1-2H3. The molecule has 1 aliphatic heterocycles. The number of aromatic nitrogens is 2. The van der Waals surface area contributed by atoms with Gasteiger partial charge in [-0.25, -0.2) is 4.98 Å². The highest BCUT2D eigenvalue weighted by Crippen LogP contribution is 2.29. The van der Waals surface area contributed by atoms with E-state index in [1.54, 1.807) is 13.3 Å². The lowest BCUT2D eigenvalue weighted by atomic mass is 9.87. The number of ether oxygens (including phenoxy) is 1. The van der Waals surface area contributed by atoms with Gasteiger partial charge in [-0.05, 0) is 22.4 Å². The number of anilines is 1. The van der Waals surface area contributed by atoms with Crippen molar-refractivity contribution in [3.8, 4) is 5.88 Å². The van der Waals surface area contributed by atoms with Crippen LogP contribution in [0.25, 0.3) is 0 Å². The molecule has 5 nitrogen and oxygen atoms in total. The molecule has 0 aromatic carbocycles. The molecular formula is C11H17BrN4O. The molecule has 0 amide bonds. The summed E-state index contributed by atoms with van der Waals surface area (Å²) in [6.45, 7) is 3.77. The van der Waals surface area contributed by atoms with Gasteiger partial charge in [-0.1, -0.05) is 13.3 Å². The highest BCUT2D eigenvalue weighted by atomic mass is 79.9. The SMILES string of the molecule is CCCC1(N)CN(c2ncc(Br)c(OC)n2)C1. The molecule has 17 heavy (non-hydrogen) atoms. The van der Waals surface area contributed by atoms with Crippen molar-refractivity contribution in [2.75, 3.05) is 25.1 Å². The summed E-state index contributed by atoms with van der Waals surface area (Å²) in [6, 6.07) is 0. The molecule has 0 radical (unpaired) electrons. The minimum absolute atomic E-state index is 0.0710. The predicted octanol–water partition coefficient (Wildman–Crippen LogP) is 1.57. The first-order chi connectivity index (χ1) is 8.08. The lowest BCUT2D eigenvalue weighted by molar-refractivity contribution is 0.302. The Balaban J connectivity index is 2.06.